The molecule has 0 spiro atoms. The van der Waals surface area contributed by atoms with Gasteiger partial charge in [0.15, 0.2) is 0 Å². The molecule has 0 heterocycles. The third-order valence-corrected chi connectivity index (χ3v) is 7.16. The van der Waals surface area contributed by atoms with E-state index in [0.29, 0.717) is 9.13 Å². The molecule has 166 valence electrons. The molecule has 0 atom stereocenters. The van der Waals surface area contributed by atoms with E-state index in [2.05, 4.69) is 17.4 Å². The van der Waals surface area contributed by atoms with Crippen LogP contribution in [0.25, 0.3) is 11.1 Å². The Morgan fingerprint density at radius 2 is 1.55 bits per heavy atom. The number of rotatable bonds is 5. The zero-order valence-corrected chi connectivity index (χ0v) is 23.9. The minimum Gasteiger partial charge on any atom is -0.449 e. The van der Waals surface area contributed by atoms with Gasteiger partial charge >= 0.3 is 64.5 Å². The monoisotopic (exact) mass is 589 g/mol. The molecule has 0 bridgehead atoms. The number of hydrogen-bond acceptors (Lipinski definition) is 2. The number of hydrogen-bond donors (Lipinski definition) is 1. The number of nitrogens with one attached hydrogen (secondary N) is 1. The van der Waals surface area contributed by atoms with E-state index >= 15 is 0 Å². The van der Waals surface area contributed by atoms with Gasteiger partial charge < -0.3 is 23.0 Å². The van der Waals surface area contributed by atoms with E-state index in [1.165, 1.54) is 13.8 Å². The van der Waals surface area contributed by atoms with Gasteiger partial charge in [0.25, 0.3) is 0 Å². The molecule has 0 saturated carbocycles. The minimum absolute atomic E-state index is 0. The van der Waals surface area contributed by atoms with E-state index in [0.717, 1.165) is 22.3 Å². The van der Waals surface area contributed by atoms with Crippen LogP contribution < -0.4 is 62.2 Å². The van der Waals surface area contributed by atoms with Gasteiger partial charge in [-0.3, -0.25) is 0 Å². The third kappa shape index (κ3) is 5.54. The summed E-state index contributed by atoms with van der Waals surface area (Å²) in [4.78, 5) is 12.4. The molecule has 1 N–H and O–H groups in total. The third-order valence-electron chi connectivity index (χ3n) is 6.04. The second-order valence-electron chi connectivity index (χ2n) is 7.94. The van der Waals surface area contributed by atoms with Crippen molar-refractivity contribution in [1.29, 1.82) is 0 Å². The molecule has 1 aliphatic rings. The topological polar surface area (TPSA) is 38.3 Å². The van der Waals surface area contributed by atoms with Crippen LogP contribution in [0.15, 0.2) is 54.6 Å². The maximum absolute atomic E-state index is 13.6. The second-order valence-corrected chi connectivity index (χ2v) is 9.10. The molecule has 0 aromatic heterocycles. The van der Waals surface area contributed by atoms with Crippen LogP contribution in [0.2, 0.25) is 0 Å². The molecule has 4 rings (SSSR count). The van der Waals surface area contributed by atoms with Gasteiger partial charge in [0.1, 0.15) is 6.61 Å². The Kier molecular flexibility index (Phi) is 8.77. The first kappa shape index (κ1) is 26.8. The van der Waals surface area contributed by atoms with Crippen LogP contribution in [-0.2, 0) is 11.3 Å². The number of ether oxygens (including phenoxy) is 1. The molecule has 0 radical (unpaired) electrons. The molecule has 1 amide bonds. The van der Waals surface area contributed by atoms with Crippen molar-refractivity contribution in [3.05, 3.63) is 86.0 Å². The number of amides is 1. The standard InChI is InChI=1S/C24H21BF3INO2.K/c1-14-16(11-22(29)15(2)23(14)25(26,27)28)12-30-24(31)32-13-21-19-9-5-3-7-17(19)18-8-4-6-10-20(18)21;/h3-11,21H,12-13H2,1-2H3,(H,30,31);/q-1;+1. The molecule has 33 heavy (non-hydrogen) atoms. The molecule has 0 aliphatic heterocycles. The molecule has 9 heteroatoms. The summed E-state index contributed by atoms with van der Waals surface area (Å²) >= 11 is 1.90. The van der Waals surface area contributed by atoms with Crippen LogP contribution in [0.4, 0.5) is 17.7 Å². The Labute approximate surface area is 247 Å². The number of carbonyl (C=O) groups is 1. The van der Waals surface area contributed by atoms with Crippen LogP contribution >= 0.6 is 22.6 Å². The summed E-state index contributed by atoms with van der Waals surface area (Å²) in [5.41, 5.74) is 4.68. The molecule has 3 aromatic rings. The normalized spacial score (nSPS) is 12.5. The summed E-state index contributed by atoms with van der Waals surface area (Å²) in [6.45, 7) is -2.10. The van der Waals surface area contributed by atoms with E-state index in [1.54, 1.807) is 6.07 Å². The van der Waals surface area contributed by atoms with Gasteiger partial charge in [0.2, 0.25) is 0 Å². The quantitative estimate of drug-likeness (QED) is 0.368. The first-order valence-corrected chi connectivity index (χ1v) is 11.3. The van der Waals surface area contributed by atoms with E-state index in [1.807, 2.05) is 59.0 Å². The van der Waals surface area contributed by atoms with Gasteiger partial charge in [0.05, 0.1) is 0 Å². The Hall–Kier alpha value is -0.849. The summed E-state index contributed by atoms with van der Waals surface area (Å²) in [7, 11) is 0. The van der Waals surface area contributed by atoms with Crippen LogP contribution in [0.5, 0.6) is 0 Å². The Bertz CT molecular complexity index is 1160. The molecular formula is C24H21BF3IKNO2. The number of fused-ring (bicyclic) bond motifs is 3. The summed E-state index contributed by atoms with van der Waals surface area (Å²) in [5, 5.41) is 2.61. The average molecular weight is 589 g/mol. The van der Waals surface area contributed by atoms with Crippen molar-refractivity contribution in [3.63, 3.8) is 0 Å². The van der Waals surface area contributed by atoms with Crippen molar-refractivity contribution >= 4 is 41.1 Å². The molecule has 3 aromatic carbocycles. The first-order chi connectivity index (χ1) is 15.2. The summed E-state index contributed by atoms with van der Waals surface area (Å²) < 4.78 is 46.7. The fraction of sp³-hybridized carbons (Fsp3) is 0.208. The molecule has 0 fully saturated rings. The Morgan fingerprint density at radius 1 is 1.00 bits per heavy atom. The van der Waals surface area contributed by atoms with Crippen molar-refractivity contribution in [3.8, 4) is 11.1 Å². The zero-order chi connectivity index (χ0) is 23.0. The van der Waals surface area contributed by atoms with E-state index in [4.69, 9.17) is 4.74 Å². The number of halogens is 4. The van der Waals surface area contributed by atoms with Crippen molar-refractivity contribution in [2.45, 2.75) is 26.3 Å². The fourth-order valence-electron chi connectivity index (χ4n) is 4.44. The maximum Gasteiger partial charge on any atom is 1.00 e. The zero-order valence-electron chi connectivity index (χ0n) is 18.6. The van der Waals surface area contributed by atoms with Gasteiger partial charge in [-0.25, -0.2) is 4.79 Å². The summed E-state index contributed by atoms with van der Waals surface area (Å²) in [6.07, 6.45) is -0.652. The molecule has 0 unspecified atom stereocenters. The predicted molar refractivity (Wildman–Crippen MR) is 129 cm³/mol. The fourth-order valence-corrected chi connectivity index (χ4v) is 5.11. The Morgan fingerprint density at radius 3 is 2.09 bits per heavy atom. The van der Waals surface area contributed by atoms with Gasteiger partial charge in [-0.1, -0.05) is 59.7 Å². The molecule has 1 aliphatic carbocycles. The van der Waals surface area contributed by atoms with Crippen LogP contribution in [0.1, 0.15) is 33.7 Å². The summed E-state index contributed by atoms with van der Waals surface area (Å²) in [6, 6.07) is 17.7. The van der Waals surface area contributed by atoms with Crippen molar-refractivity contribution in [1.82, 2.24) is 5.32 Å². The smallest absolute Gasteiger partial charge is 0.449 e. The van der Waals surface area contributed by atoms with Gasteiger partial charge in [0, 0.05) is 16.0 Å². The Balaban J connectivity index is 0.00000306. The molecule has 3 nitrogen and oxygen atoms in total. The van der Waals surface area contributed by atoms with E-state index in [-0.39, 0.29) is 81.6 Å². The van der Waals surface area contributed by atoms with E-state index < -0.39 is 18.5 Å². The maximum atomic E-state index is 13.6. The molecular weight excluding hydrogens is 568 g/mol. The minimum atomic E-state index is -5.14. The summed E-state index contributed by atoms with van der Waals surface area (Å²) in [5.74, 6) is -0.0743. The SMILES string of the molecule is Cc1c(I)cc(CNC(=O)OCC2c3ccccc3-c3ccccc32)c(C)c1[B-](F)(F)F.[K+]. The van der Waals surface area contributed by atoms with E-state index in [9.17, 15) is 17.7 Å². The van der Waals surface area contributed by atoms with Gasteiger partial charge in [-0.05, 0) is 70.3 Å². The number of carbonyl (C=O) groups excluding carboxylic acids is 1. The second kappa shape index (κ2) is 10.8. The van der Waals surface area contributed by atoms with Gasteiger partial charge in [-0.2, -0.15) is 0 Å². The predicted octanol–water partition coefficient (Wildman–Crippen LogP) is 3.01. The van der Waals surface area contributed by atoms with Crippen molar-refractivity contribution < 1.29 is 73.9 Å². The van der Waals surface area contributed by atoms with Crippen LogP contribution in [-0.4, -0.2) is 19.7 Å². The number of alkyl carbamates (subject to hydrolysis) is 1. The molecule has 0 saturated heterocycles. The first-order valence-electron chi connectivity index (χ1n) is 10.3. The van der Waals surface area contributed by atoms with Gasteiger partial charge in [-0.15, -0.1) is 5.46 Å². The number of benzene rings is 3. The van der Waals surface area contributed by atoms with Crippen LogP contribution in [0.3, 0.4) is 0 Å². The van der Waals surface area contributed by atoms with Crippen molar-refractivity contribution in [2.24, 2.45) is 0 Å². The average Bonchev–Trinajstić information content (AvgIpc) is 3.07. The largest absolute Gasteiger partial charge is 1.00 e. The van der Waals surface area contributed by atoms with Crippen LogP contribution in [0, 0.1) is 17.4 Å². The van der Waals surface area contributed by atoms with Crippen molar-refractivity contribution in [2.75, 3.05) is 6.61 Å².